The van der Waals surface area contributed by atoms with E-state index >= 15 is 0 Å². The molecule has 0 unspecified atom stereocenters. The SMILES string of the molecule is c1ccc2c(c1)B1c3c-2cccc3-n2c3ccccc3c3cccc1c32. The van der Waals surface area contributed by atoms with Crippen molar-refractivity contribution in [2.75, 3.05) is 0 Å². The maximum Gasteiger partial charge on any atom is 0.248 e. The number of hydrogen-bond donors (Lipinski definition) is 0. The van der Waals surface area contributed by atoms with E-state index in [2.05, 4.69) is 89.5 Å². The molecule has 26 heavy (non-hydrogen) atoms. The second-order valence-corrected chi connectivity index (χ2v) is 7.35. The largest absolute Gasteiger partial charge is 0.310 e. The summed E-state index contributed by atoms with van der Waals surface area (Å²) in [7, 11) is 0. The Bertz CT molecular complexity index is 1390. The van der Waals surface area contributed by atoms with E-state index in [1.807, 2.05) is 0 Å². The Morgan fingerprint density at radius 3 is 2.31 bits per heavy atom. The van der Waals surface area contributed by atoms with Crippen LogP contribution in [0.2, 0.25) is 0 Å². The van der Waals surface area contributed by atoms with E-state index < -0.39 is 0 Å². The minimum Gasteiger partial charge on any atom is -0.310 e. The smallest absolute Gasteiger partial charge is 0.248 e. The Morgan fingerprint density at radius 2 is 1.31 bits per heavy atom. The van der Waals surface area contributed by atoms with Crippen LogP contribution in [0.25, 0.3) is 38.6 Å². The second kappa shape index (κ2) is 4.28. The normalized spacial score (nSPS) is 13.3. The van der Waals surface area contributed by atoms with E-state index in [-0.39, 0.29) is 0 Å². The van der Waals surface area contributed by atoms with Crippen molar-refractivity contribution in [1.29, 1.82) is 0 Å². The lowest BCUT2D eigenvalue weighted by molar-refractivity contribution is 1.19. The highest BCUT2D eigenvalue weighted by molar-refractivity contribution is 7.01. The zero-order chi connectivity index (χ0) is 16.8. The van der Waals surface area contributed by atoms with Gasteiger partial charge in [-0.05, 0) is 34.2 Å². The fraction of sp³-hybridized carbons (Fsp3) is 0. The lowest BCUT2D eigenvalue weighted by Crippen LogP contribution is -2.53. The first-order chi connectivity index (χ1) is 12.9. The summed E-state index contributed by atoms with van der Waals surface area (Å²) in [5.74, 6) is 0. The third-order valence-corrected chi connectivity index (χ3v) is 6.21. The van der Waals surface area contributed by atoms with Gasteiger partial charge in [0.25, 0.3) is 0 Å². The molecule has 0 amide bonds. The molecule has 0 atom stereocenters. The average molecular weight is 327 g/mol. The third-order valence-electron chi connectivity index (χ3n) is 6.21. The highest BCUT2D eigenvalue weighted by atomic mass is 15.0. The first-order valence-electron chi connectivity index (χ1n) is 9.18. The first-order valence-corrected chi connectivity index (χ1v) is 9.18. The molecule has 0 spiro atoms. The summed E-state index contributed by atoms with van der Waals surface area (Å²) in [6, 6.07) is 31.3. The molecule has 0 bridgehead atoms. The Hall–Kier alpha value is -3.26. The number of aromatic nitrogens is 1. The number of fused-ring (bicyclic) bond motifs is 8. The van der Waals surface area contributed by atoms with E-state index in [4.69, 9.17) is 0 Å². The van der Waals surface area contributed by atoms with E-state index in [0.29, 0.717) is 6.71 Å². The van der Waals surface area contributed by atoms with Crippen LogP contribution in [0.4, 0.5) is 0 Å². The Kier molecular flexibility index (Phi) is 2.14. The van der Waals surface area contributed by atoms with E-state index in [1.54, 1.807) is 0 Å². The van der Waals surface area contributed by atoms with Gasteiger partial charge >= 0.3 is 0 Å². The van der Waals surface area contributed by atoms with Crippen molar-refractivity contribution in [2.45, 2.75) is 0 Å². The van der Waals surface area contributed by atoms with Crippen molar-refractivity contribution in [3.05, 3.63) is 84.9 Å². The number of nitrogens with zero attached hydrogens (tertiary/aromatic N) is 1. The average Bonchev–Trinajstić information content (AvgIpc) is 3.22. The van der Waals surface area contributed by atoms with Gasteiger partial charge in [0.2, 0.25) is 6.71 Å². The lowest BCUT2D eigenvalue weighted by atomic mass is 9.37. The molecule has 7 rings (SSSR count). The monoisotopic (exact) mass is 327 g/mol. The molecule has 118 valence electrons. The highest BCUT2D eigenvalue weighted by Crippen LogP contribution is 2.36. The summed E-state index contributed by atoms with van der Waals surface area (Å²) in [6.07, 6.45) is 0. The number of hydrogen-bond acceptors (Lipinski definition) is 0. The molecule has 3 heterocycles. The highest BCUT2D eigenvalue weighted by Gasteiger charge is 2.40. The van der Waals surface area contributed by atoms with Gasteiger partial charge in [-0.2, -0.15) is 0 Å². The number of rotatable bonds is 0. The van der Waals surface area contributed by atoms with Gasteiger partial charge < -0.3 is 4.57 Å². The van der Waals surface area contributed by atoms with E-state index in [0.717, 1.165) is 0 Å². The molecule has 0 N–H and O–H groups in total. The Morgan fingerprint density at radius 1 is 0.577 bits per heavy atom. The number of benzene rings is 4. The van der Waals surface area contributed by atoms with E-state index in [9.17, 15) is 0 Å². The minimum atomic E-state index is 0.345. The lowest BCUT2D eigenvalue weighted by Gasteiger charge is -2.24. The van der Waals surface area contributed by atoms with Crippen LogP contribution in [0, 0.1) is 0 Å². The fourth-order valence-corrected chi connectivity index (χ4v) is 5.29. The first kappa shape index (κ1) is 13.0. The molecular formula is C24H14BN. The molecular weight excluding hydrogens is 313 g/mol. The zero-order valence-electron chi connectivity index (χ0n) is 14.1. The van der Waals surface area contributed by atoms with Gasteiger partial charge in [-0.25, -0.2) is 0 Å². The summed E-state index contributed by atoms with van der Waals surface area (Å²) >= 11 is 0. The second-order valence-electron chi connectivity index (χ2n) is 7.35. The van der Waals surface area contributed by atoms with Crippen LogP contribution >= 0.6 is 0 Å². The summed E-state index contributed by atoms with van der Waals surface area (Å²) < 4.78 is 2.49. The van der Waals surface area contributed by atoms with Crippen molar-refractivity contribution in [3.8, 4) is 16.8 Å². The molecule has 0 fully saturated rings. The molecule has 5 aromatic rings. The third kappa shape index (κ3) is 1.30. The van der Waals surface area contributed by atoms with Crippen LogP contribution < -0.4 is 16.4 Å². The number of para-hydroxylation sites is 2. The van der Waals surface area contributed by atoms with Crippen molar-refractivity contribution in [3.63, 3.8) is 0 Å². The van der Waals surface area contributed by atoms with Gasteiger partial charge in [-0.1, -0.05) is 78.3 Å². The minimum absolute atomic E-state index is 0.345. The summed E-state index contributed by atoms with van der Waals surface area (Å²) in [4.78, 5) is 0. The Balaban J connectivity index is 1.79. The predicted molar refractivity (Wildman–Crippen MR) is 111 cm³/mol. The molecule has 4 aromatic carbocycles. The molecule has 2 aliphatic heterocycles. The van der Waals surface area contributed by atoms with Crippen molar-refractivity contribution in [2.24, 2.45) is 0 Å². The molecule has 0 saturated carbocycles. The van der Waals surface area contributed by atoms with Gasteiger partial charge in [-0.15, -0.1) is 0 Å². The van der Waals surface area contributed by atoms with Gasteiger partial charge in [0.05, 0.1) is 5.52 Å². The van der Waals surface area contributed by atoms with Crippen LogP contribution in [-0.2, 0) is 0 Å². The maximum absolute atomic E-state index is 2.49. The van der Waals surface area contributed by atoms with Crippen LogP contribution in [0.1, 0.15) is 0 Å². The van der Waals surface area contributed by atoms with E-state index in [1.165, 1.54) is 55.0 Å². The Labute approximate surface area is 151 Å². The molecule has 0 radical (unpaired) electrons. The summed E-state index contributed by atoms with van der Waals surface area (Å²) in [6.45, 7) is 0.345. The zero-order valence-corrected chi connectivity index (χ0v) is 14.1. The fourth-order valence-electron chi connectivity index (χ4n) is 5.29. The molecule has 2 heteroatoms. The summed E-state index contributed by atoms with van der Waals surface area (Å²) in [5, 5.41) is 2.70. The summed E-state index contributed by atoms with van der Waals surface area (Å²) in [5.41, 5.74) is 11.1. The van der Waals surface area contributed by atoms with Crippen LogP contribution in [0.15, 0.2) is 84.9 Å². The van der Waals surface area contributed by atoms with Gasteiger partial charge in [0, 0.05) is 22.0 Å². The van der Waals surface area contributed by atoms with Crippen molar-refractivity contribution >= 4 is 44.9 Å². The molecule has 1 nitrogen and oxygen atoms in total. The molecule has 1 aromatic heterocycles. The standard InChI is InChI=1S/C24H14BN/c1-3-11-19-15(7-1)17-9-6-14-22-23(17)25(19)20-12-5-10-18-16-8-2-4-13-21(16)26(22)24(18)20/h1-14H. The van der Waals surface area contributed by atoms with Gasteiger partial charge in [0.1, 0.15) is 0 Å². The quantitative estimate of drug-likeness (QED) is 0.375. The van der Waals surface area contributed by atoms with Crippen LogP contribution in [0.3, 0.4) is 0 Å². The molecule has 2 aliphatic rings. The van der Waals surface area contributed by atoms with Crippen molar-refractivity contribution < 1.29 is 0 Å². The van der Waals surface area contributed by atoms with Crippen molar-refractivity contribution in [1.82, 2.24) is 4.57 Å². The maximum atomic E-state index is 2.49. The van der Waals surface area contributed by atoms with Gasteiger partial charge in [-0.3, -0.25) is 0 Å². The predicted octanol–water partition coefficient (Wildman–Crippen LogP) is 3.59. The van der Waals surface area contributed by atoms with Crippen LogP contribution in [-0.4, -0.2) is 11.3 Å². The molecule has 0 saturated heterocycles. The topological polar surface area (TPSA) is 4.93 Å². The molecule has 0 aliphatic carbocycles. The van der Waals surface area contributed by atoms with Crippen LogP contribution in [0.5, 0.6) is 0 Å². The van der Waals surface area contributed by atoms with Gasteiger partial charge in [0.15, 0.2) is 0 Å².